The lowest BCUT2D eigenvalue weighted by Gasteiger charge is -2.19. The minimum absolute atomic E-state index is 0.121. The third-order valence-electron chi connectivity index (χ3n) is 5.12. The van der Waals surface area contributed by atoms with Gasteiger partial charge in [0, 0.05) is 23.9 Å². The Morgan fingerprint density at radius 1 is 0.839 bits per heavy atom. The third-order valence-corrected chi connectivity index (χ3v) is 5.12. The molecule has 5 nitrogen and oxygen atoms in total. The monoisotopic (exact) mass is 414 g/mol. The molecule has 0 saturated carbocycles. The summed E-state index contributed by atoms with van der Waals surface area (Å²) in [5.74, 6) is -0.896. The van der Waals surface area contributed by atoms with E-state index in [1.807, 2.05) is 50.2 Å². The SMILES string of the molecule is CCc1ccccc1NC(=O)CN(C)C(=O)c1ccccc1C(=O)c1ccc(C)cc1. The number of hydrogen-bond donors (Lipinski definition) is 1. The summed E-state index contributed by atoms with van der Waals surface area (Å²) in [6.07, 6.45) is 0.791. The van der Waals surface area contributed by atoms with Crippen molar-refractivity contribution in [2.45, 2.75) is 20.3 Å². The molecule has 0 bridgehead atoms. The zero-order chi connectivity index (χ0) is 22.4. The van der Waals surface area contributed by atoms with Crippen molar-refractivity contribution in [3.63, 3.8) is 0 Å². The Morgan fingerprint density at radius 2 is 1.45 bits per heavy atom. The predicted octanol–water partition coefficient (Wildman–Crippen LogP) is 4.50. The summed E-state index contributed by atoms with van der Waals surface area (Å²) >= 11 is 0. The first kappa shape index (κ1) is 22.0. The second-order valence-electron chi connectivity index (χ2n) is 7.46. The number of carbonyl (C=O) groups excluding carboxylic acids is 3. The van der Waals surface area contributed by atoms with Crippen LogP contribution in [0.1, 0.15) is 44.3 Å². The highest BCUT2D eigenvalue weighted by Gasteiger charge is 2.22. The molecule has 1 N–H and O–H groups in total. The first-order valence-electron chi connectivity index (χ1n) is 10.2. The second-order valence-corrected chi connectivity index (χ2v) is 7.46. The molecule has 0 heterocycles. The van der Waals surface area contributed by atoms with Gasteiger partial charge in [0.15, 0.2) is 5.78 Å². The molecule has 0 atom stereocenters. The van der Waals surface area contributed by atoms with E-state index in [4.69, 9.17) is 0 Å². The van der Waals surface area contributed by atoms with E-state index < -0.39 is 0 Å². The van der Waals surface area contributed by atoms with Gasteiger partial charge in [0.05, 0.1) is 12.1 Å². The number of amides is 2. The van der Waals surface area contributed by atoms with Crippen LogP contribution in [0.5, 0.6) is 0 Å². The first-order valence-corrected chi connectivity index (χ1v) is 10.2. The lowest BCUT2D eigenvalue weighted by Crippen LogP contribution is -2.35. The van der Waals surface area contributed by atoms with Gasteiger partial charge in [-0.25, -0.2) is 0 Å². The maximum atomic E-state index is 13.1. The Bertz CT molecular complexity index is 1100. The molecule has 3 rings (SSSR count). The largest absolute Gasteiger partial charge is 0.332 e. The van der Waals surface area contributed by atoms with E-state index in [1.165, 1.54) is 4.90 Å². The molecule has 0 aliphatic carbocycles. The highest BCUT2D eigenvalue weighted by atomic mass is 16.2. The number of ketones is 1. The van der Waals surface area contributed by atoms with Crippen molar-refractivity contribution in [3.05, 3.63) is 101 Å². The van der Waals surface area contributed by atoms with Crippen LogP contribution in [-0.2, 0) is 11.2 Å². The number of benzene rings is 3. The Kier molecular flexibility index (Phi) is 6.98. The number of para-hydroxylation sites is 1. The molecule has 3 aromatic carbocycles. The average Bonchev–Trinajstić information content (AvgIpc) is 2.79. The smallest absolute Gasteiger partial charge is 0.254 e. The van der Waals surface area contributed by atoms with Crippen molar-refractivity contribution < 1.29 is 14.4 Å². The summed E-state index contributed by atoms with van der Waals surface area (Å²) in [5.41, 5.74) is 3.93. The standard InChI is InChI=1S/C26H26N2O3/c1-4-19-9-5-8-12-23(19)27-24(29)17-28(3)26(31)22-11-7-6-10-21(22)25(30)20-15-13-18(2)14-16-20/h5-16H,4,17H2,1-3H3,(H,27,29). The van der Waals surface area contributed by atoms with Gasteiger partial charge in [-0.15, -0.1) is 0 Å². The van der Waals surface area contributed by atoms with Crippen LogP contribution < -0.4 is 5.32 Å². The molecule has 2 amide bonds. The molecule has 5 heteroatoms. The number of likely N-dealkylation sites (N-methyl/N-ethyl adjacent to an activating group) is 1. The number of nitrogens with one attached hydrogen (secondary N) is 1. The van der Waals surface area contributed by atoms with Crippen molar-refractivity contribution in [3.8, 4) is 0 Å². The summed E-state index contributed by atoms with van der Waals surface area (Å²) in [6.45, 7) is 3.84. The summed E-state index contributed by atoms with van der Waals surface area (Å²) in [5, 5.41) is 2.87. The molecular formula is C26H26N2O3. The highest BCUT2D eigenvalue weighted by Crippen LogP contribution is 2.18. The Morgan fingerprint density at radius 3 is 2.13 bits per heavy atom. The summed E-state index contributed by atoms with van der Waals surface area (Å²) in [4.78, 5) is 39.9. The quantitative estimate of drug-likeness (QED) is 0.579. The minimum atomic E-state index is -0.380. The fraction of sp³-hybridized carbons (Fsp3) is 0.192. The lowest BCUT2D eigenvalue weighted by atomic mass is 9.97. The fourth-order valence-corrected chi connectivity index (χ4v) is 3.36. The van der Waals surface area contributed by atoms with Crippen LogP contribution in [0.25, 0.3) is 0 Å². The van der Waals surface area contributed by atoms with Crippen LogP contribution in [0.2, 0.25) is 0 Å². The van der Waals surface area contributed by atoms with Crippen LogP contribution in [0, 0.1) is 6.92 Å². The minimum Gasteiger partial charge on any atom is -0.332 e. The van der Waals surface area contributed by atoms with E-state index in [2.05, 4.69) is 5.32 Å². The maximum absolute atomic E-state index is 13.1. The zero-order valence-electron chi connectivity index (χ0n) is 18.0. The van der Waals surface area contributed by atoms with E-state index in [1.54, 1.807) is 43.4 Å². The van der Waals surface area contributed by atoms with E-state index in [9.17, 15) is 14.4 Å². The van der Waals surface area contributed by atoms with E-state index in [0.29, 0.717) is 11.1 Å². The average molecular weight is 415 g/mol. The molecule has 31 heavy (non-hydrogen) atoms. The van der Waals surface area contributed by atoms with E-state index in [0.717, 1.165) is 23.2 Å². The van der Waals surface area contributed by atoms with Crippen LogP contribution in [0.15, 0.2) is 72.8 Å². The van der Waals surface area contributed by atoms with Gasteiger partial charge in [-0.3, -0.25) is 14.4 Å². The van der Waals surface area contributed by atoms with Crippen LogP contribution >= 0.6 is 0 Å². The summed E-state index contributed by atoms with van der Waals surface area (Å²) in [7, 11) is 1.56. The number of nitrogens with zero attached hydrogens (tertiary/aromatic N) is 1. The number of carbonyl (C=O) groups is 3. The Balaban J connectivity index is 1.76. The number of anilines is 1. The topological polar surface area (TPSA) is 66.5 Å². The molecule has 0 spiro atoms. The van der Waals surface area contributed by atoms with Gasteiger partial charge in [-0.05, 0) is 31.0 Å². The van der Waals surface area contributed by atoms with Crippen molar-refractivity contribution in [2.24, 2.45) is 0 Å². The highest BCUT2D eigenvalue weighted by molar-refractivity contribution is 6.15. The molecule has 0 unspecified atom stereocenters. The number of hydrogen-bond acceptors (Lipinski definition) is 3. The van der Waals surface area contributed by atoms with Gasteiger partial charge in [0.1, 0.15) is 0 Å². The van der Waals surface area contributed by atoms with Crippen molar-refractivity contribution in [2.75, 3.05) is 18.9 Å². The molecule has 0 aliphatic heterocycles. The molecule has 0 saturated heterocycles. The van der Waals surface area contributed by atoms with E-state index >= 15 is 0 Å². The van der Waals surface area contributed by atoms with Crippen LogP contribution in [0.3, 0.4) is 0 Å². The number of aryl methyl sites for hydroxylation is 2. The summed E-state index contributed by atoms with van der Waals surface area (Å²) in [6, 6.07) is 21.5. The van der Waals surface area contributed by atoms with Crippen LogP contribution in [-0.4, -0.2) is 36.1 Å². The number of rotatable bonds is 7. The van der Waals surface area contributed by atoms with Crippen LogP contribution in [0.4, 0.5) is 5.69 Å². The third kappa shape index (κ3) is 5.25. The van der Waals surface area contributed by atoms with Crippen molar-refractivity contribution in [1.82, 2.24) is 4.90 Å². The van der Waals surface area contributed by atoms with Gasteiger partial charge in [0.2, 0.25) is 5.91 Å². The van der Waals surface area contributed by atoms with Gasteiger partial charge in [-0.1, -0.05) is 73.2 Å². The Labute approximate surface area is 182 Å². The molecule has 3 aromatic rings. The molecule has 0 radical (unpaired) electrons. The second kappa shape index (κ2) is 9.85. The predicted molar refractivity (Wildman–Crippen MR) is 122 cm³/mol. The molecule has 158 valence electrons. The van der Waals surface area contributed by atoms with Gasteiger partial charge in [0.25, 0.3) is 5.91 Å². The molecular weight excluding hydrogens is 388 g/mol. The zero-order valence-corrected chi connectivity index (χ0v) is 18.0. The van der Waals surface area contributed by atoms with Gasteiger partial charge in [-0.2, -0.15) is 0 Å². The first-order chi connectivity index (χ1) is 14.9. The Hall–Kier alpha value is -3.73. The molecule has 0 aliphatic rings. The molecule has 0 fully saturated rings. The fourth-order valence-electron chi connectivity index (χ4n) is 3.36. The van der Waals surface area contributed by atoms with E-state index in [-0.39, 0.29) is 29.7 Å². The van der Waals surface area contributed by atoms with Crippen molar-refractivity contribution >= 4 is 23.3 Å². The van der Waals surface area contributed by atoms with Gasteiger partial charge < -0.3 is 10.2 Å². The maximum Gasteiger partial charge on any atom is 0.254 e. The normalized spacial score (nSPS) is 10.4. The molecule has 0 aromatic heterocycles. The lowest BCUT2D eigenvalue weighted by molar-refractivity contribution is -0.116. The van der Waals surface area contributed by atoms with Gasteiger partial charge >= 0.3 is 0 Å². The van der Waals surface area contributed by atoms with Crippen molar-refractivity contribution in [1.29, 1.82) is 0 Å². The summed E-state index contributed by atoms with van der Waals surface area (Å²) < 4.78 is 0.